The molecule has 2 amide bonds. The minimum Gasteiger partial charge on any atom is -0.353 e. The number of benzene rings is 1. The van der Waals surface area contributed by atoms with Gasteiger partial charge in [-0.3, -0.25) is 14.9 Å². The molecule has 5 nitrogen and oxygen atoms in total. The SMILES string of the molecule is Cc1cccc(Cl)c1NC(=O)C1CNC(=O)CN1. The first kappa shape index (κ1) is 12.9. The Labute approximate surface area is 110 Å². The second kappa shape index (κ2) is 5.37. The van der Waals surface area contributed by atoms with Crippen LogP contribution in [0.1, 0.15) is 5.56 Å². The van der Waals surface area contributed by atoms with Gasteiger partial charge in [-0.15, -0.1) is 0 Å². The van der Waals surface area contributed by atoms with Gasteiger partial charge in [-0.1, -0.05) is 23.7 Å². The lowest BCUT2D eigenvalue weighted by Gasteiger charge is -2.23. The summed E-state index contributed by atoms with van der Waals surface area (Å²) >= 11 is 6.03. The predicted octanol–water partition coefficient (Wildman–Crippen LogP) is 0.675. The van der Waals surface area contributed by atoms with Crippen LogP contribution in [0.2, 0.25) is 5.02 Å². The molecule has 18 heavy (non-hydrogen) atoms. The zero-order valence-corrected chi connectivity index (χ0v) is 10.7. The van der Waals surface area contributed by atoms with Crippen molar-refractivity contribution in [1.29, 1.82) is 0 Å². The number of rotatable bonds is 2. The van der Waals surface area contributed by atoms with Crippen molar-refractivity contribution >= 4 is 29.1 Å². The summed E-state index contributed by atoms with van der Waals surface area (Å²) in [6, 6.07) is 4.99. The zero-order chi connectivity index (χ0) is 13.1. The molecule has 1 saturated heterocycles. The Morgan fingerprint density at radius 1 is 1.50 bits per heavy atom. The van der Waals surface area contributed by atoms with Crippen molar-refractivity contribution in [2.45, 2.75) is 13.0 Å². The molecule has 1 aromatic rings. The molecule has 0 bridgehead atoms. The molecule has 0 saturated carbocycles. The molecule has 1 unspecified atom stereocenters. The van der Waals surface area contributed by atoms with Gasteiger partial charge in [-0.05, 0) is 18.6 Å². The number of hydrogen-bond acceptors (Lipinski definition) is 3. The van der Waals surface area contributed by atoms with Gasteiger partial charge in [0.25, 0.3) is 0 Å². The number of carbonyl (C=O) groups excluding carboxylic acids is 2. The van der Waals surface area contributed by atoms with Crippen LogP contribution >= 0.6 is 11.6 Å². The minimum atomic E-state index is -0.432. The van der Waals surface area contributed by atoms with Crippen LogP contribution in [0.25, 0.3) is 0 Å². The summed E-state index contributed by atoms with van der Waals surface area (Å²) in [6.45, 7) is 2.31. The van der Waals surface area contributed by atoms with Gasteiger partial charge in [0.15, 0.2) is 0 Å². The molecule has 1 fully saturated rings. The van der Waals surface area contributed by atoms with E-state index in [9.17, 15) is 9.59 Å². The number of carbonyl (C=O) groups is 2. The van der Waals surface area contributed by atoms with Crippen molar-refractivity contribution in [3.8, 4) is 0 Å². The van der Waals surface area contributed by atoms with E-state index in [0.717, 1.165) is 5.56 Å². The van der Waals surface area contributed by atoms with E-state index in [2.05, 4.69) is 16.0 Å². The second-order valence-electron chi connectivity index (χ2n) is 4.16. The topological polar surface area (TPSA) is 70.2 Å². The minimum absolute atomic E-state index is 0.104. The maximum atomic E-state index is 12.0. The lowest BCUT2D eigenvalue weighted by atomic mass is 10.1. The smallest absolute Gasteiger partial charge is 0.243 e. The Morgan fingerprint density at radius 3 is 2.89 bits per heavy atom. The van der Waals surface area contributed by atoms with E-state index in [1.165, 1.54) is 0 Å². The molecule has 0 spiro atoms. The van der Waals surface area contributed by atoms with Gasteiger partial charge in [0.2, 0.25) is 11.8 Å². The first-order chi connectivity index (χ1) is 8.58. The number of para-hydroxylation sites is 1. The molecule has 1 aliphatic heterocycles. The fourth-order valence-corrected chi connectivity index (χ4v) is 2.02. The summed E-state index contributed by atoms with van der Waals surface area (Å²) in [5, 5.41) is 8.77. The number of halogens is 1. The normalized spacial score (nSPS) is 19.2. The highest BCUT2D eigenvalue weighted by Crippen LogP contribution is 2.25. The maximum absolute atomic E-state index is 12.0. The molecule has 1 atom stereocenters. The Balaban J connectivity index is 2.05. The van der Waals surface area contributed by atoms with E-state index in [-0.39, 0.29) is 24.9 Å². The molecule has 6 heteroatoms. The van der Waals surface area contributed by atoms with E-state index < -0.39 is 6.04 Å². The van der Waals surface area contributed by atoms with Crippen LogP contribution in [0.3, 0.4) is 0 Å². The highest BCUT2D eigenvalue weighted by Gasteiger charge is 2.24. The van der Waals surface area contributed by atoms with Gasteiger partial charge in [0.1, 0.15) is 6.04 Å². The summed E-state index contributed by atoms with van der Waals surface area (Å²) < 4.78 is 0. The molecule has 1 heterocycles. The first-order valence-corrected chi connectivity index (χ1v) is 6.02. The molecular weight excluding hydrogens is 254 g/mol. The van der Waals surface area contributed by atoms with Gasteiger partial charge < -0.3 is 10.6 Å². The number of anilines is 1. The maximum Gasteiger partial charge on any atom is 0.243 e. The van der Waals surface area contributed by atoms with Crippen LogP contribution in [0.15, 0.2) is 18.2 Å². The van der Waals surface area contributed by atoms with Gasteiger partial charge in [0, 0.05) is 6.54 Å². The quantitative estimate of drug-likeness (QED) is 0.738. The van der Waals surface area contributed by atoms with Crippen molar-refractivity contribution in [2.75, 3.05) is 18.4 Å². The Kier molecular flexibility index (Phi) is 3.84. The molecule has 3 N–H and O–H groups in total. The van der Waals surface area contributed by atoms with E-state index in [4.69, 9.17) is 11.6 Å². The van der Waals surface area contributed by atoms with Gasteiger partial charge >= 0.3 is 0 Å². The van der Waals surface area contributed by atoms with Crippen LogP contribution in [0.5, 0.6) is 0 Å². The third-order valence-electron chi connectivity index (χ3n) is 2.80. The fraction of sp³-hybridized carbons (Fsp3) is 0.333. The lowest BCUT2D eigenvalue weighted by Crippen LogP contribution is -2.56. The molecule has 0 aliphatic carbocycles. The first-order valence-electron chi connectivity index (χ1n) is 5.64. The van der Waals surface area contributed by atoms with Crippen LogP contribution in [0, 0.1) is 6.92 Å². The summed E-state index contributed by atoms with van der Waals surface area (Å²) in [6.07, 6.45) is 0. The molecule has 2 rings (SSSR count). The molecule has 1 aliphatic rings. The molecule has 0 aromatic heterocycles. The summed E-state index contributed by atoms with van der Waals surface area (Å²) in [5.74, 6) is -0.306. The van der Waals surface area contributed by atoms with Crippen molar-refractivity contribution in [2.24, 2.45) is 0 Å². The lowest BCUT2D eigenvalue weighted by molar-refractivity contribution is -0.124. The third kappa shape index (κ3) is 2.80. The molecule has 0 radical (unpaired) electrons. The summed E-state index contributed by atoms with van der Waals surface area (Å²) in [7, 11) is 0. The Hall–Kier alpha value is -1.59. The van der Waals surface area contributed by atoms with E-state index >= 15 is 0 Å². The van der Waals surface area contributed by atoms with Crippen molar-refractivity contribution < 1.29 is 9.59 Å². The van der Waals surface area contributed by atoms with Gasteiger partial charge in [-0.25, -0.2) is 0 Å². The highest BCUT2D eigenvalue weighted by atomic mass is 35.5. The van der Waals surface area contributed by atoms with E-state index in [1.54, 1.807) is 6.07 Å². The molecular formula is C12H14ClN3O2. The van der Waals surface area contributed by atoms with Crippen molar-refractivity contribution in [3.05, 3.63) is 28.8 Å². The van der Waals surface area contributed by atoms with Crippen molar-refractivity contribution in [3.63, 3.8) is 0 Å². The second-order valence-corrected chi connectivity index (χ2v) is 4.57. The van der Waals surface area contributed by atoms with Crippen LogP contribution in [-0.4, -0.2) is 30.9 Å². The number of nitrogens with one attached hydrogen (secondary N) is 3. The monoisotopic (exact) mass is 267 g/mol. The standard InChI is InChI=1S/C12H14ClN3O2/c1-7-3-2-4-8(13)11(7)16-12(18)9-5-15-10(17)6-14-9/h2-4,9,14H,5-6H2,1H3,(H,15,17)(H,16,18). The zero-order valence-electron chi connectivity index (χ0n) is 9.92. The van der Waals surface area contributed by atoms with E-state index in [1.807, 2.05) is 19.1 Å². The fourth-order valence-electron chi connectivity index (χ4n) is 1.75. The third-order valence-corrected chi connectivity index (χ3v) is 3.11. The number of aryl methyl sites for hydroxylation is 1. The summed E-state index contributed by atoms with van der Waals surface area (Å²) in [5.41, 5.74) is 1.51. The summed E-state index contributed by atoms with van der Waals surface area (Å²) in [4.78, 5) is 23.0. The number of hydrogen-bond donors (Lipinski definition) is 3. The largest absolute Gasteiger partial charge is 0.353 e. The molecule has 96 valence electrons. The Morgan fingerprint density at radius 2 is 2.28 bits per heavy atom. The average Bonchev–Trinajstić information content (AvgIpc) is 2.34. The molecule has 1 aromatic carbocycles. The predicted molar refractivity (Wildman–Crippen MR) is 69.6 cm³/mol. The van der Waals surface area contributed by atoms with Crippen LogP contribution in [0.4, 0.5) is 5.69 Å². The average molecular weight is 268 g/mol. The van der Waals surface area contributed by atoms with Crippen molar-refractivity contribution in [1.82, 2.24) is 10.6 Å². The van der Waals surface area contributed by atoms with Gasteiger partial charge in [0.05, 0.1) is 17.3 Å². The van der Waals surface area contributed by atoms with E-state index in [0.29, 0.717) is 10.7 Å². The van der Waals surface area contributed by atoms with Crippen LogP contribution < -0.4 is 16.0 Å². The number of amides is 2. The number of piperazine rings is 1. The Bertz CT molecular complexity index is 460. The highest BCUT2D eigenvalue weighted by molar-refractivity contribution is 6.34. The van der Waals surface area contributed by atoms with Crippen LogP contribution in [-0.2, 0) is 9.59 Å². The van der Waals surface area contributed by atoms with Gasteiger partial charge in [-0.2, -0.15) is 0 Å².